The number of H-pyrrole nitrogens is 1. The molecular weight excluding hydrogens is 550 g/mol. The van der Waals surface area contributed by atoms with Crippen molar-refractivity contribution in [3.63, 3.8) is 0 Å². The number of carbonyl (C=O) groups excluding carboxylic acids is 4. The van der Waals surface area contributed by atoms with E-state index in [-0.39, 0.29) is 23.6 Å². The zero-order chi connectivity index (χ0) is 30.6. The number of amides is 4. The number of likely N-dealkylation sites (tertiary alicyclic amines) is 1. The number of hydrogen-bond donors (Lipinski definition) is 1. The Bertz CT molecular complexity index is 1620. The highest BCUT2D eigenvalue weighted by Crippen LogP contribution is 2.56. The van der Waals surface area contributed by atoms with Gasteiger partial charge in [-0.15, -0.1) is 0 Å². The fourth-order valence-corrected chi connectivity index (χ4v) is 7.31. The van der Waals surface area contributed by atoms with Gasteiger partial charge in [-0.25, -0.2) is 14.5 Å². The summed E-state index contributed by atoms with van der Waals surface area (Å²) >= 11 is 0. The zero-order valence-electron chi connectivity index (χ0n) is 25.2. The van der Waals surface area contributed by atoms with Gasteiger partial charge >= 0.3 is 12.2 Å². The average Bonchev–Trinajstić information content (AvgIpc) is 3.60. The highest BCUT2D eigenvalue weighted by Gasteiger charge is 2.67. The lowest BCUT2D eigenvalue weighted by Gasteiger charge is -2.49. The number of aromatic nitrogens is 1. The molecule has 1 aromatic heterocycles. The second-order valence-electron chi connectivity index (χ2n) is 11.6. The van der Waals surface area contributed by atoms with E-state index < -0.39 is 35.5 Å². The van der Waals surface area contributed by atoms with Gasteiger partial charge in [-0.05, 0) is 57.2 Å². The Kier molecular flexibility index (Phi) is 7.14. The van der Waals surface area contributed by atoms with Crippen LogP contribution in [0.2, 0.25) is 0 Å². The lowest BCUT2D eigenvalue weighted by Crippen LogP contribution is -2.60. The molecule has 0 saturated carbocycles. The molecule has 3 aliphatic heterocycles. The molecule has 4 heterocycles. The first-order valence-electron chi connectivity index (χ1n) is 15.0. The molecule has 4 aliphatic rings. The van der Waals surface area contributed by atoms with Crippen LogP contribution < -0.4 is 0 Å². The quantitative estimate of drug-likeness (QED) is 0.472. The third kappa shape index (κ3) is 4.19. The van der Waals surface area contributed by atoms with Gasteiger partial charge in [0.25, 0.3) is 0 Å². The van der Waals surface area contributed by atoms with Gasteiger partial charge in [0, 0.05) is 55.3 Å². The summed E-state index contributed by atoms with van der Waals surface area (Å²) in [5.74, 6) is -2.15. The molecule has 1 aromatic carbocycles. The number of rotatable bonds is 7. The van der Waals surface area contributed by atoms with Crippen molar-refractivity contribution in [1.29, 1.82) is 0 Å². The van der Waals surface area contributed by atoms with E-state index in [4.69, 9.17) is 14.5 Å². The summed E-state index contributed by atoms with van der Waals surface area (Å²) in [5, 5.41) is 1.09. The van der Waals surface area contributed by atoms with E-state index in [1.54, 1.807) is 6.92 Å². The Morgan fingerprint density at radius 2 is 1.91 bits per heavy atom. The first-order valence-corrected chi connectivity index (χ1v) is 15.0. The highest BCUT2D eigenvalue weighted by atomic mass is 16.6. The minimum absolute atomic E-state index is 0.0970. The first-order chi connectivity index (χ1) is 20.7. The fraction of sp³-hybridized carbons (Fsp3) is 0.469. The molecule has 11 nitrogen and oxygen atoms in total. The van der Waals surface area contributed by atoms with Gasteiger partial charge in [0.1, 0.15) is 5.54 Å². The highest BCUT2D eigenvalue weighted by molar-refractivity contribution is 6.08. The normalized spacial score (nSPS) is 27.4. The number of hydrogen-bond acceptors (Lipinski definition) is 7. The Balaban J connectivity index is 1.45. The summed E-state index contributed by atoms with van der Waals surface area (Å²) < 4.78 is 11.9. The largest absolute Gasteiger partial charge is 0.424 e. The van der Waals surface area contributed by atoms with Crippen LogP contribution in [0, 0.1) is 17.8 Å². The summed E-state index contributed by atoms with van der Waals surface area (Å²) in [4.78, 5) is 65.9. The van der Waals surface area contributed by atoms with Gasteiger partial charge in [0.2, 0.25) is 23.6 Å². The third-order valence-corrected chi connectivity index (χ3v) is 9.53. The van der Waals surface area contributed by atoms with Crippen LogP contribution in [0.3, 0.4) is 0 Å². The molecule has 4 amide bonds. The maximum absolute atomic E-state index is 13.7. The predicted octanol–water partition coefficient (Wildman–Crippen LogP) is 4.61. The Morgan fingerprint density at radius 1 is 1.16 bits per heavy atom. The maximum atomic E-state index is 13.7. The molecule has 6 rings (SSSR count). The molecule has 1 N–H and O–H groups in total. The van der Waals surface area contributed by atoms with Gasteiger partial charge in [0.05, 0.1) is 11.8 Å². The summed E-state index contributed by atoms with van der Waals surface area (Å²) in [6.45, 7) is 8.61. The molecule has 226 valence electrons. The molecule has 0 radical (unpaired) electrons. The number of aromatic amines is 1. The summed E-state index contributed by atoms with van der Waals surface area (Å²) in [6, 6.07) is 8.00. The number of nitrogens with one attached hydrogen (secondary N) is 1. The summed E-state index contributed by atoms with van der Waals surface area (Å²) in [7, 11) is 1.51. The van der Waals surface area contributed by atoms with Crippen molar-refractivity contribution in [2.75, 3.05) is 26.7 Å². The van der Waals surface area contributed by atoms with Crippen LogP contribution in [-0.4, -0.2) is 81.8 Å². The number of fused-ring (bicyclic) bond motifs is 6. The topological polar surface area (TPSA) is 125 Å². The van der Waals surface area contributed by atoms with Gasteiger partial charge in [-0.3, -0.25) is 19.5 Å². The predicted molar refractivity (Wildman–Crippen MR) is 159 cm³/mol. The standard InChI is InChI=1S/C32H37N5O6/c1-6-19-21-13-14-22-24(27(39)35(5)26(22)38)25(21)32(4)29(33-16-15-18-17-34-23-12-10-9-11-20(18)23)43-31(41)37(32)28(19)42-30(40)36(7-2)8-3/h9-13,17,22,24-25,34H,6-8,14-16H2,1-5H3/t22-,24-,25+,32+/m1/s1. The number of cyclic esters (lactones) is 1. The van der Waals surface area contributed by atoms with Crippen LogP contribution >= 0.6 is 0 Å². The van der Waals surface area contributed by atoms with E-state index in [0.29, 0.717) is 44.5 Å². The minimum Gasteiger partial charge on any atom is -0.393 e. The summed E-state index contributed by atoms with van der Waals surface area (Å²) in [5.41, 5.74) is 2.24. The number of carbonyl (C=O) groups is 4. The molecule has 11 heteroatoms. The number of para-hydroxylation sites is 1. The van der Waals surface area contributed by atoms with Crippen LogP contribution in [0.1, 0.15) is 46.1 Å². The van der Waals surface area contributed by atoms with E-state index in [1.165, 1.54) is 21.7 Å². The van der Waals surface area contributed by atoms with Crippen LogP contribution in [-0.2, 0) is 25.5 Å². The Morgan fingerprint density at radius 3 is 2.63 bits per heavy atom. The van der Waals surface area contributed by atoms with Crippen molar-refractivity contribution in [1.82, 2.24) is 19.7 Å². The van der Waals surface area contributed by atoms with E-state index in [2.05, 4.69) is 4.98 Å². The molecule has 2 fully saturated rings. The lowest BCUT2D eigenvalue weighted by atomic mass is 9.61. The second-order valence-corrected chi connectivity index (χ2v) is 11.6. The molecule has 0 spiro atoms. The minimum atomic E-state index is -1.30. The fourth-order valence-electron chi connectivity index (χ4n) is 7.31. The molecule has 0 bridgehead atoms. The van der Waals surface area contributed by atoms with Crippen molar-refractivity contribution >= 4 is 40.8 Å². The molecule has 2 aromatic rings. The maximum Gasteiger partial charge on any atom is 0.424 e. The first kappa shape index (κ1) is 28.7. The van der Waals surface area contributed by atoms with Gasteiger partial charge in [-0.2, -0.15) is 0 Å². The van der Waals surface area contributed by atoms with E-state index >= 15 is 0 Å². The molecule has 43 heavy (non-hydrogen) atoms. The number of nitrogens with zero attached hydrogens (tertiary/aromatic N) is 4. The second kappa shape index (κ2) is 10.7. The zero-order valence-corrected chi connectivity index (χ0v) is 25.2. The van der Waals surface area contributed by atoms with Crippen molar-refractivity contribution in [2.45, 2.75) is 52.5 Å². The van der Waals surface area contributed by atoms with Crippen LogP contribution in [0.4, 0.5) is 9.59 Å². The van der Waals surface area contributed by atoms with Crippen molar-refractivity contribution in [3.8, 4) is 0 Å². The SMILES string of the molecule is CCC1=C(OC(=O)N(CC)CC)N2C(=O)OC(=NCCc3c[nH]c4ccccc34)[C@]2(C)[C@H]2C1=CC[C@H]1C(=O)N(C)C(=O)[C@H]12. The number of allylic oxidation sites excluding steroid dienone is 2. The van der Waals surface area contributed by atoms with Crippen LogP contribution in [0.15, 0.2) is 58.6 Å². The van der Waals surface area contributed by atoms with Crippen molar-refractivity contribution < 1.29 is 28.7 Å². The Hall–Kier alpha value is -4.41. The third-order valence-electron chi connectivity index (χ3n) is 9.53. The smallest absolute Gasteiger partial charge is 0.393 e. The van der Waals surface area contributed by atoms with Gasteiger partial charge in [-0.1, -0.05) is 31.2 Å². The van der Waals surface area contributed by atoms with Crippen LogP contribution in [0.25, 0.3) is 10.9 Å². The van der Waals surface area contributed by atoms with Crippen LogP contribution in [0.5, 0.6) is 0 Å². The summed E-state index contributed by atoms with van der Waals surface area (Å²) in [6.07, 6.45) is 4.01. The number of ether oxygens (including phenoxy) is 2. The van der Waals surface area contributed by atoms with E-state index in [1.807, 2.05) is 57.3 Å². The Labute approximate surface area is 250 Å². The van der Waals surface area contributed by atoms with E-state index in [0.717, 1.165) is 22.0 Å². The number of benzene rings is 1. The van der Waals surface area contributed by atoms with Gasteiger partial charge < -0.3 is 19.4 Å². The lowest BCUT2D eigenvalue weighted by molar-refractivity contribution is -0.138. The van der Waals surface area contributed by atoms with Crippen molar-refractivity contribution in [2.24, 2.45) is 22.7 Å². The number of aliphatic imine (C=N–C) groups is 1. The molecule has 2 saturated heterocycles. The molecular formula is C32H37N5O6. The monoisotopic (exact) mass is 587 g/mol. The van der Waals surface area contributed by atoms with Gasteiger partial charge in [0.15, 0.2) is 0 Å². The number of imide groups is 1. The van der Waals surface area contributed by atoms with Crippen molar-refractivity contribution in [3.05, 3.63) is 59.1 Å². The molecule has 4 atom stereocenters. The molecule has 1 aliphatic carbocycles. The molecule has 0 unspecified atom stereocenters. The van der Waals surface area contributed by atoms with E-state index in [9.17, 15) is 19.2 Å². The average molecular weight is 588 g/mol.